The van der Waals surface area contributed by atoms with Crippen molar-refractivity contribution in [1.82, 2.24) is 20.8 Å². The summed E-state index contributed by atoms with van der Waals surface area (Å²) in [5.74, 6) is 0.696. The molecule has 2 atom stereocenters. The molecule has 4 N–H and O–H groups in total. The van der Waals surface area contributed by atoms with E-state index in [9.17, 15) is 4.79 Å². The minimum Gasteiger partial charge on any atom is -0.489 e. The summed E-state index contributed by atoms with van der Waals surface area (Å²) in [5.41, 5.74) is 13.8. The summed E-state index contributed by atoms with van der Waals surface area (Å²) < 4.78 is 6.25. The van der Waals surface area contributed by atoms with Crippen molar-refractivity contribution in [3.05, 3.63) is 123 Å². The van der Waals surface area contributed by atoms with Crippen LogP contribution in [0.1, 0.15) is 77.1 Å². The number of carbonyl (C=O) groups is 1. The average Bonchev–Trinajstić information content (AvgIpc) is 2.99. The highest BCUT2D eigenvalue weighted by Gasteiger charge is 2.27. The first-order valence-electron chi connectivity index (χ1n) is 14.4. The summed E-state index contributed by atoms with van der Waals surface area (Å²) in [7, 11) is 0. The first-order valence-corrected chi connectivity index (χ1v) is 14.8. The fourth-order valence-corrected chi connectivity index (χ4v) is 5.20. The Balaban J connectivity index is 1.73. The third-order valence-electron chi connectivity index (χ3n) is 7.27. The molecule has 4 rings (SSSR count). The number of nitrogens with one attached hydrogen (secondary N) is 2. The lowest BCUT2D eigenvalue weighted by Gasteiger charge is -2.28. The van der Waals surface area contributed by atoms with Gasteiger partial charge in [0.25, 0.3) is 0 Å². The van der Waals surface area contributed by atoms with E-state index in [1.807, 2.05) is 68.4 Å². The summed E-state index contributed by atoms with van der Waals surface area (Å²) in [6, 6.07) is 23.4. The zero-order valence-corrected chi connectivity index (χ0v) is 25.5. The molecule has 0 saturated carbocycles. The Labute approximate surface area is 253 Å². The zero-order chi connectivity index (χ0) is 30.1. The largest absolute Gasteiger partial charge is 0.489 e. The number of hydrogen-bond acceptors (Lipinski definition) is 6. The van der Waals surface area contributed by atoms with Crippen molar-refractivity contribution >= 4 is 17.5 Å². The second-order valence-corrected chi connectivity index (χ2v) is 10.9. The normalized spacial score (nSPS) is 12.5. The number of hydrogen-bond donors (Lipinski definition) is 3. The first-order chi connectivity index (χ1) is 20.3. The molecule has 220 valence electrons. The minimum absolute atomic E-state index is 0.0530. The van der Waals surface area contributed by atoms with Crippen molar-refractivity contribution in [1.29, 1.82) is 0 Å². The van der Waals surface area contributed by atoms with Crippen LogP contribution < -0.4 is 21.1 Å². The quantitative estimate of drug-likeness (QED) is 0.170. The van der Waals surface area contributed by atoms with E-state index in [1.165, 1.54) is 0 Å². The van der Waals surface area contributed by atoms with Crippen LogP contribution in [0.5, 0.6) is 5.75 Å². The van der Waals surface area contributed by atoms with Gasteiger partial charge in [-0.05, 0) is 90.9 Å². The van der Waals surface area contributed by atoms with Crippen LogP contribution in [0.4, 0.5) is 0 Å². The lowest BCUT2D eigenvalue weighted by molar-refractivity contribution is -0.121. The molecule has 4 aromatic rings. The van der Waals surface area contributed by atoms with E-state index in [2.05, 4.69) is 52.9 Å². The lowest BCUT2D eigenvalue weighted by atomic mass is 9.92. The highest BCUT2D eigenvalue weighted by atomic mass is 35.5. The number of carbonyl (C=O) groups excluding carboxylic acids is 1. The van der Waals surface area contributed by atoms with Gasteiger partial charge in [0.1, 0.15) is 12.4 Å². The number of halogens is 1. The van der Waals surface area contributed by atoms with E-state index >= 15 is 0 Å². The number of nitrogens with zero attached hydrogens (tertiary/aromatic N) is 2. The highest BCUT2D eigenvalue weighted by molar-refractivity contribution is 6.30. The molecule has 1 aromatic heterocycles. The Bertz CT molecular complexity index is 1490. The molecule has 0 aliphatic carbocycles. The molecule has 0 aliphatic heterocycles. The second kappa shape index (κ2) is 14.9. The van der Waals surface area contributed by atoms with E-state index in [4.69, 9.17) is 22.1 Å². The van der Waals surface area contributed by atoms with Crippen molar-refractivity contribution in [2.75, 3.05) is 6.54 Å². The number of aromatic nitrogens is 2. The summed E-state index contributed by atoms with van der Waals surface area (Å²) in [6.45, 7) is 9.48. The molecule has 0 bridgehead atoms. The minimum atomic E-state index is -0.386. The number of ether oxygens (including phenoxy) is 1. The molecule has 0 radical (unpaired) electrons. The predicted octanol–water partition coefficient (Wildman–Crippen LogP) is 6.29. The molecule has 2 unspecified atom stereocenters. The van der Waals surface area contributed by atoms with Gasteiger partial charge < -0.3 is 15.8 Å². The lowest BCUT2D eigenvalue weighted by Crippen LogP contribution is -2.34. The van der Waals surface area contributed by atoms with Gasteiger partial charge in [-0.3, -0.25) is 10.1 Å². The van der Waals surface area contributed by atoms with Crippen LogP contribution in [0.15, 0.2) is 72.8 Å². The van der Waals surface area contributed by atoms with Crippen LogP contribution >= 0.6 is 11.6 Å². The van der Waals surface area contributed by atoms with Crippen molar-refractivity contribution in [2.45, 2.75) is 65.8 Å². The molecule has 0 spiro atoms. The molecule has 1 amide bonds. The average molecular weight is 586 g/mol. The molecule has 1 heterocycles. The van der Waals surface area contributed by atoms with Gasteiger partial charge in [0.05, 0.1) is 23.5 Å². The SMILES string of the molecule is CCNC(=O)CC(NC(c1ccc(Cl)cc1)c1cc(OCc2cccc(CN)c2)ccc1C)c1nnc(C)cc1CC. The fourth-order valence-electron chi connectivity index (χ4n) is 5.07. The molecule has 42 heavy (non-hydrogen) atoms. The van der Waals surface area contributed by atoms with Gasteiger partial charge in [-0.1, -0.05) is 61.0 Å². The predicted molar refractivity (Wildman–Crippen MR) is 168 cm³/mol. The van der Waals surface area contributed by atoms with E-state index in [-0.39, 0.29) is 24.4 Å². The van der Waals surface area contributed by atoms with Gasteiger partial charge in [0.2, 0.25) is 5.91 Å². The van der Waals surface area contributed by atoms with Crippen molar-refractivity contribution in [2.24, 2.45) is 5.73 Å². The van der Waals surface area contributed by atoms with E-state index in [0.29, 0.717) is 24.7 Å². The van der Waals surface area contributed by atoms with Gasteiger partial charge in [-0.2, -0.15) is 10.2 Å². The Kier molecular flexibility index (Phi) is 11.1. The highest BCUT2D eigenvalue weighted by Crippen LogP contribution is 2.33. The van der Waals surface area contributed by atoms with Crippen LogP contribution in [0.25, 0.3) is 0 Å². The van der Waals surface area contributed by atoms with Crippen LogP contribution in [0.2, 0.25) is 5.02 Å². The van der Waals surface area contributed by atoms with Crippen LogP contribution in [0, 0.1) is 13.8 Å². The van der Waals surface area contributed by atoms with Crippen LogP contribution in [0.3, 0.4) is 0 Å². The van der Waals surface area contributed by atoms with Gasteiger partial charge >= 0.3 is 0 Å². The third kappa shape index (κ3) is 8.16. The monoisotopic (exact) mass is 585 g/mol. The number of amides is 1. The van der Waals surface area contributed by atoms with Gasteiger partial charge in [0.15, 0.2) is 0 Å². The summed E-state index contributed by atoms with van der Waals surface area (Å²) in [6.07, 6.45) is 0.994. The number of rotatable bonds is 13. The number of nitrogens with two attached hydrogens (primary N) is 1. The van der Waals surface area contributed by atoms with Gasteiger partial charge in [0, 0.05) is 24.5 Å². The smallest absolute Gasteiger partial charge is 0.221 e. The Morgan fingerprint density at radius 3 is 2.45 bits per heavy atom. The van der Waals surface area contributed by atoms with E-state index < -0.39 is 0 Å². The van der Waals surface area contributed by atoms with Gasteiger partial charge in [-0.15, -0.1) is 0 Å². The molecule has 0 saturated heterocycles. The maximum absolute atomic E-state index is 12.9. The molecule has 0 aliphatic rings. The second-order valence-electron chi connectivity index (χ2n) is 10.4. The van der Waals surface area contributed by atoms with Crippen LogP contribution in [-0.2, 0) is 24.4 Å². The standard InChI is InChI=1S/C34H40ClN5O2/c1-5-26-16-23(4)39-40-34(26)31(19-32(41)37-6-2)38-33(27-11-13-28(35)14-12-27)30-18-29(15-10-22(30)3)42-21-25-9-7-8-24(17-25)20-36/h7-18,31,33,38H,5-6,19-21,36H2,1-4H3,(H,37,41). The summed E-state index contributed by atoms with van der Waals surface area (Å²) in [4.78, 5) is 12.9. The summed E-state index contributed by atoms with van der Waals surface area (Å²) in [5, 5.41) is 16.3. The molecule has 8 heteroatoms. The summed E-state index contributed by atoms with van der Waals surface area (Å²) >= 11 is 6.28. The fraction of sp³-hybridized carbons (Fsp3) is 0.324. The van der Waals surface area contributed by atoms with Crippen molar-refractivity contribution < 1.29 is 9.53 Å². The Hall–Kier alpha value is -3.78. The van der Waals surface area contributed by atoms with E-state index in [0.717, 1.165) is 56.9 Å². The number of aryl methyl sites for hydroxylation is 3. The Morgan fingerprint density at radius 1 is 0.976 bits per heavy atom. The van der Waals surface area contributed by atoms with Crippen molar-refractivity contribution in [3.63, 3.8) is 0 Å². The maximum Gasteiger partial charge on any atom is 0.221 e. The van der Waals surface area contributed by atoms with E-state index in [1.54, 1.807) is 0 Å². The third-order valence-corrected chi connectivity index (χ3v) is 7.52. The number of benzene rings is 3. The first kappa shape index (κ1) is 31.2. The zero-order valence-electron chi connectivity index (χ0n) is 24.8. The molecular weight excluding hydrogens is 546 g/mol. The molecule has 7 nitrogen and oxygen atoms in total. The molecule has 3 aromatic carbocycles. The Morgan fingerprint density at radius 2 is 1.74 bits per heavy atom. The van der Waals surface area contributed by atoms with Gasteiger partial charge in [-0.25, -0.2) is 0 Å². The van der Waals surface area contributed by atoms with Crippen molar-refractivity contribution in [3.8, 4) is 5.75 Å². The molecular formula is C34H40ClN5O2. The maximum atomic E-state index is 12.9. The topological polar surface area (TPSA) is 102 Å². The molecule has 0 fully saturated rings. The van der Waals surface area contributed by atoms with Crippen LogP contribution in [-0.4, -0.2) is 22.6 Å².